The number of aromatic nitrogens is 1. The molecule has 7 heterocycles. The lowest BCUT2D eigenvalue weighted by molar-refractivity contribution is -0.174. The van der Waals surface area contributed by atoms with Crippen LogP contribution in [-0.2, 0) is 21.4 Å². The minimum atomic E-state index is -0.203. The molecule has 0 amide bonds. The minimum Gasteiger partial charge on any atom is -0.469 e. The highest BCUT2D eigenvalue weighted by molar-refractivity contribution is 5.87. The van der Waals surface area contributed by atoms with E-state index in [0.717, 1.165) is 25.8 Å². The Labute approximate surface area is 279 Å². The van der Waals surface area contributed by atoms with Gasteiger partial charge in [0.25, 0.3) is 0 Å². The van der Waals surface area contributed by atoms with Crippen LogP contribution < -0.4 is 4.90 Å². The van der Waals surface area contributed by atoms with Crippen LogP contribution in [0.15, 0.2) is 42.5 Å². The normalized spacial score (nSPS) is 41.0. The molecule has 6 aliphatic heterocycles. The van der Waals surface area contributed by atoms with Crippen LogP contribution in [-0.4, -0.2) is 72.3 Å². The molecule has 3 saturated carbocycles. The fourth-order valence-electron chi connectivity index (χ4n) is 14.8. The van der Waals surface area contributed by atoms with Gasteiger partial charge in [0.05, 0.1) is 30.7 Å². The molecule has 1 aromatic heterocycles. The summed E-state index contributed by atoms with van der Waals surface area (Å²) < 4.78 is 8.51. The second-order valence-corrected chi connectivity index (χ2v) is 17.1. The van der Waals surface area contributed by atoms with Crippen LogP contribution in [0.25, 0.3) is 10.9 Å². The van der Waals surface area contributed by atoms with Crippen molar-refractivity contribution in [2.24, 2.45) is 16.7 Å². The van der Waals surface area contributed by atoms with E-state index >= 15 is 0 Å². The minimum absolute atomic E-state index is 0.0255. The number of para-hydroxylation sites is 1. The van der Waals surface area contributed by atoms with Gasteiger partial charge in [-0.25, -0.2) is 0 Å². The molecule has 6 fully saturated rings. The van der Waals surface area contributed by atoms with Crippen molar-refractivity contribution in [3.8, 4) is 0 Å². The van der Waals surface area contributed by atoms with Crippen LogP contribution in [0.2, 0.25) is 0 Å². The maximum absolute atomic E-state index is 13.9. The number of rotatable bonds is 3. The molecule has 3 saturated heterocycles. The summed E-state index contributed by atoms with van der Waals surface area (Å²) in [5, 5.41) is 1.49. The number of carbonyl (C=O) groups is 1. The summed E-state index contributed by atoms with van der Waals surface area (Å²) in [6.07, 6.45) is 13.3. The molecule has 2 bridgehead atoms. The van der Waals surface area contributed by atoms with Crippen molar-refractivity contribution in [2.45, 2.75) is 107 Å². The summed E-state index contributed by atoms with van der Waals surface area (Å²) in [4.78, 5) is 22.2. The average molecular weight is 631 g/mol. The quantitative estimate of drug-likeness (QED) is 0.292. The van der Waals surface area contributed by atoms with E-state index in [1.807, 2.05) is 0 Å². The zero-order chi connectivity index (χ0) is 31.5. The number of esters is 1. The molecule has 3 spiro atoms. The maximum atomic E-state index is 13.9. The summed E-state index contributed by atoms with van der Waals surface area (Å²) in [7, 11) is 3.95. The van der Waals surface area contributed by atoms with E-state index in [4.69, 9.17) is 4.74 Å². The van der Waals surface area contributed by atoms with E-state index in [0.29, 0.717) is 23.5 Å². The Bertz CT molecular complexity index is 1860. The average Bonchev–Trinajstić information content (AvgIpc) is 3.75. The summed E-state index contributed by atoms with van der Waals surface area (Å²) >= 11 is 0. The van der Waals surface area contributed by atoms with Crippen molar-refractivity contribution in [2.75, 3.05) is 45.2 Å². The van der Waals surface area contributed by atoms with Gasteiger partial charge in [0, 0.05) is 47.3 Å². The van der Waals surface area contributed by atoms with E-state index in [9.17, 15) is 4.79 Å². The van der Waals surface area contributed by atoms with Crippen LogP contribution in [0.3, 0.4) is 0 Å². The third-order valence-electron chi connectivity index (χ3n) is 16.3. The number of piperidine rings is 2. The molecule has 6 heteroatoms. The molecular weight excluding hydrogens is 580 g/mol. The van der Waals surface area contributed by atoms with Crippen LogP contribution in [0, 0.1) is 16.7 Å². The molecule has 9 aliphatic rings. The van der Waals surface area contributed by atoms with Crippen molar-refractivity contribution in [3.05, 3.63) is 64.8 Å². The highest BCUT2D eigenvalue weighted by Gasteiger charge is 2.80. The van der Waals surface area contributed by atoms with Gasteiger partial charge in [0.1, 0.15) is 0 Å². The van der Waals surface area contributed by atoms with E-state index in [1.165, 1.54) is 93.2 Å². The summed E-state index contributed by atoms with van der Waals surface area (Å²) in [6, 6.07) is 18.4. The van der Waals surface area contributed by atoms with Gasteiger partial charge in [-0.05, 0) is 130 Å². The van der Waals surface area contributed by atoms with Gasteiger partial charge in [0.2, 0.25) is 0 Å². The Morgan fingerprint density at radius 1 is 0.936 bits per heavy atom. The third-order valence-corrected chi connectivity index (χ3v) is 16.3. The number of methoxy groups -OCH3 is 1. The first-order chi connectivity index (χ1) is 22.9. The van der Waals surface area contributed by atoms with Gasteiger partial charge in [-0.1, -0.05) is 37.3 Å². The van der Waals surface area contributed by atoms with Crippen molar-refractivity contribution in [3.63, 3.8) is 0 Å². The topological polar surface area (TPSA) is 41.0 Å². The number of likely N-dealkylation sites (N-methyl/N-ethyl adjacent to an activating group) is 1. The summed E-state index contributed by atoms with van der Waals surface area (Å²) in [5.41, 5.74) is 9.46. The van der Waals surface area contributed by atoms with Crippen LogP contribution >= 0.6 is 0 Å². The van der Waals surface area contributed by atoms with Crippen LogP contribution in [0.4, 0.5) is 5.69 Å². The molecule has 1 unspecified atom stereocenters. The Kier molecular flexibility index (Phi) is 5.39. The molecule has 3 aliphatic carbocycles. The van der Waals surface area contributed by atoms with Gasteiger partial charge in [-0.3, -0.25) is 14.6 Å². The van der Waals surface area contributed by atoms with Crippen LogP contribution in [0.5, 0.6) is 0 Å². The monoisotopic (exact) mass is 630 g/mol. The molecular formula is C41H50N4O2. The van der Waals surface area contributed by atoms with Gasteiger partial charge in [-0.2, -0.15) is 0 Å². The zero-order valence-electron chi connectivity index (χ0n) is 28.6. The van der Waals surface area contributed by atoms with E-state index in [-0.39, 0.29) is 28.3 Å². The molecule has 0 N–H and O–H groups in total. The molecule has 6 nitrogen and oxygen atoms in total. The number of hydrogen-bond donors (Lipinski definition) is 0. The Hall–Kier alpha value is -2.83. The number of hydrogen-bond acceptors (Lipinski definition) is 5. The molecule has 8 atom stereocenters. The zero-order valence-corrected chi connectivity index (χ0v) is 28.6. The lowest BCUT2D eigenvalue weighted by atomic mass is 9.38. The summed E-state index contributed by atoms with van der Waals surface area (Å²) in [6.45, 7) is 7.31. The predicted octanol–water partition coefficient (Wildman–Crippen LogP) is 6.99. The standard InChI is InChI=1S/C41H50N4O2/c1-4-38-14-7-19-43-21-13-28-27-9-5-6-10-31(27)45(34(28)35(38)43)33(25-38)26-11-12-32-29(23-26)40-18-22-44-20-8-15-39(37(40)44)16-17-41(40,42(32)2)30(24-39)36(46)47-3/h5-6,9-12,23,30,33,35,37H,4,7-8,13-22,24-25H2,1-3H3/t30-,33?,35-,37-,38+,39+,40+,41+/m0/s1. The second-order valence-electron chi connectivity index (χ2n) is 17.1. The first-order valence-corrected chi connectivity index (χ1v) is 19.0. The van der Waals surface area contributed by atoms with Gasteiger partial charge < -0.3 is 14.2 Å². The molecule has 12 rings (SSSR count). The first kappa shape index (κ1) is 28.1. The lowest BCUT2D eigenvalue weighted by Gasteiger charge is -2.70. The fraction of sp³-hybridized carbons (Fsp3) is 0.634. The highest BCUT2D eigenvalue weighted by Crippen LogP contribution is 2.76. The molecule has 2 aromatic carbocycles. The fourth-order valence-corrected chi connectivity index (χ4v) is 14.8. The SMILES string of the molecule is CC[C@@]12CCCN3CCc4c(n(c5ccccc45)C(c4ccc5c(c4)[C@@]46CCN7CCC[C@]8(CC[C@]4([C@H](C(=O)OC)C8)N5C)[C@H]76)C1)[C@H]32. The summed E-state index contributed by atoms with van der Waals surface area (Å²) in [5.74, 6) is -0.0369. The number of anilines is 1. The van der Waals surface area contributed by atoms with Gasteiger partial charge >= 0.3 is 5.97 Å². The largest absolute Gasteiger partial charge is 0.469 e. The number of carbonyl (C=O) groups excluding carboxylic acids is 1. The number of nitrogens with zero attached hydrogens (tertiary/aromatic N) is 4. The molecule has 47 heavy (non-hydrogen) atoms. The smallest absolute Gasteiger partial charge is 0.311 e. The number of fused-ring (bicyclic) bond motifs is 6. The van der Waals surface area contributed by atoms with Gasteiger partial charge in [0.15, 0.2) is 0 Å². The van der Waals surface area contributed by atoms with Crippen molar-refractivity contribution in [1.82, 2.24) is 14.4 Å². The number of benzene rings is 2. The van der Waals surface area contributed by atoms with Crippen molar-refractivity contribution >= 4 is 22.6 Å². The van der Waals surface area contributed by atoms with Crippen LogP contribution in [0.1, 0.15) is 106 Å². The second kappa shape index (κ2) is 9.04. The predicted molar refractivity (Wildman–Crippen MR) is 185 cm³/mol. The van der Waals surface area contributed by atoms with Gasteiger partial charge in [-0.15, -0.1) is 0 Å². The van der Waals surface area contributed by atoms with Crippen molar-refractivity contribution < 1.29 is 9.53 Å². The van der Waals surface area contributed by atoms with E-state index in [2.05, 4.69) is 75.7 Å². The van der Waals surface area contributed by atoms with E-state index in [1.54, 1.807) is 23.9 Å². The Balaban J connectivity index is 1.15. The lowest BCUT2D eigenvalue weighted by Crippen LogP contribution is -2.78. The van der Waals surface area contributed by atoms with Crippen molar-refractivity contribution in [1.29, 1.82) is 0 Å². The molecule has 3 aromatic rings. The highest BCUT2D eigenvalue weighted by atomic mass is 16.5. The third kappa shape index (κ3) is 2.96. The first-order valence-electron chi connectivity index (χ1n) is 19.0. The molecule has 246 valence electrons. The maximum Gasteiger partial charge on any atom is 0.311 e. The molecule has 0 radical (unpaired) electrons. The Morgan fingerprint density at radius 2 is 1.79 bits per heavy atom. The number of ether oxygens (including phenoxy) is 1. The Morgan fingerprint density at radius 3 is 2.66 bits per heavy atom. The van der Waals surface area contributed by atoms with E-state index < -0.39 is 0 Å².